The van der Waals surface area contributed by atoms with Gasteiger partial charge in [0.25, 0.3) is 0 Å². The normalized spacial score (nSPS) is 13.2. The van der Waals surface area contributed by atoms with Crippen LogP contribution in [-0.2, 0) is 6.54 Å². The number of rotatable bonds is 4. The number of nitrogens with zero attached hydrogens (tertiary/aromatic N) is 6. The van der Waals surface area contributed by atoms with Crippen LogP contribution in [0.25, 0.3) is 22.4 Å². The van der Waals surface area contributed by atoms with Crippen LogP contribution in [0.15, 0.2) is 73.3 Å². The van der Waals surface area contributed by atoms with E-state index in [9.17, 15) is 0 Å². The first-order valence-electron chi connectivity index (χ1n) is 11.9. The molecule has 37 heavy (non-hydrogen) atoms. The second kappa shape index (κ2) is 8.90. The molecule has 8 nitrogen and oxygen atoms in total. The summed E-state index contributed by atoms with van der Waals surface area (Å²) in [5.74, 6) is 2.95. The zero-order valence-corrected chi connectivity index (χ0v) is 21.5. The molecule has 5 aromatic rings. The Morgan fingerprint density at radius 3 is 2.68 bits per heavy atom. The third-order valence-electron chi connectivity index (χ3n) is 6.57. The minimum Gasteiger partial charge on any atom is -0.338 e. The molecule has 184 valence electrons. The largest absolute Gasteiger partial charge is 0.338 e. The Bertz CT molecular complexity index is 1660. The first-order chi connectivity index (χ1) is 17.9. The molecule has 1 aliphatic heterocycles. The van der Waals surface area contributed by atoms with E-state index in [1.165, 1.54) is 0 Å². The number of pyridine rings is 1. The highest BCUT2D eigenvalue weighted by molar-refractivity contribution is 6.31. The van der Waals surface area contributed by atoms with Crippen molar-refractivity contribution in [2.75, 3.05) is 22.2 Å². The Morgan fingerprint density at radius 1 is 1.00 bits per heavy atom. The summed E-state index contributed by atoms with van der Waals surface area (Å²) in [6.07, 6.45) is 3.64. The predicted molar refractivity (Wildman–Crippen MR) is 149 cm³/mol. The van der Waals surface area contributed by atoms with Crippen LogP contribution in [0.2, 0.25) is 5.02 Å². The van der Waals surface area contributed by atoms with E-state index in [4.69, 9.17) is 21.6 Å². The molecule has 0 saturated heterocycles. The number of anilines is 4. The van der Waals surface area contributed by atoms with Crippen LogP contribution < -0.4 is 15.1 Å². The van der Waals surface area contributed by atoms with E-state index in [2.05, 4.69) is 56.9 Å². The highest BCUT2D eigenvalue weighted by atomic mass is 35.5. The average molecular weight is 509 g/mol. The first kappa shape index (κ1) is 23.0. The maximum Gasteiger partial charge on any atom is 0.229 e. The number of hydrogen-bond donors (Lipinski definition) is 2. The van der Waals surface area contributed by atoms with Gasteiger partial charge in [-0.1, -0.05) is 30.3 Å². The van der Waals surface area contributed by atoms with Crippen LogP contribution in [0.1, 0.15) is 16.8 Å². The Kier molecular flexibility index (Phi) is 5.53. The molecule has 0 saturated carbocycles. The number of aryl methyl sites for hydroxylation is 2. The molecule has 1 aliphatic rings. The van der Waals surface area contributed by atoms with Gasteiger partial charge in [-0.25, -0.2) is 9.97 Å². The van der Waals surface area contributed by atoms with Crippen LogP contribution in [0, 0.1) is 13.8 Å². The van der Waals surface area contributed by atoms with E-state index in [1.54, 1.807) is 6.20 Å². The maximum absolute atomic E-state index is 6.16. The van der Waals surface area contributed by atoms with Crippen molar-refractivity contribution in [3.05, 3.63) is 95.2 Å². The second-order valence-corrected chi connectivity index (χ2v) is 9.60. The number of H-pyrrole nitrogens is 1. The minimum absolute atomic E-state index is 0.515. The fraction of sp³-hybridized carbons (Fsp3) is 0.143. The number of hydrogen-bond acceptors (Lipinski definition) is 7. The summed E-state index contributed by atoms with van der Waals surface area (Å²) in [7, 11) is 1.97. The summed E-state index contributed by atoms with van der Waals surface area (Å²) in [5, 5.41) is 3.91. The Labute approximate surface area is 219 Å². The van der Waals surface area contributed by atoms with Crippen LogP contribution in [0.4, 0.5) is 23.1 Å². The number of imidazole rings is 1. The van der Waals surface area contributed by atoms with E-state index < -0.39 is 0 Å². The van der Waals surface area contributed by atoms with Gasteiger partial charge < -0.3 is 20.1 Å². The van der Waals surface area contributed by atoms with Crippen LogP contribution in [-0.4, -0.2) is 32.0 Å². The molecule has 0 unspecified atom stereocenters. The molecule has 0 bridgehead atoms. The molecule has 0 radical (unpaired) electrons. The SMILES string of the molecule is C=C1N(C)c2nc(Nc3ccc(C)nc3)ncc2CN1c1cc(-c2nc3ccc(Cl)cc3[nH]2)ccc1C. The monoisotopic (exact) mass is 508 g/mol. The van der Waals surface area contributed by atoms with E-state index >= 15 is 0 Å². The molecule has 6 rings (SSSR count). The topological polar surface area (TPSA) is 85.9 Å². The number of aromatic nitrogens is 5. The lowest BCUT2D eigenvalue weighted by atomic mass is 10.1. The van der Waals surface area contributed by atoms with Gasteiger partial charge in [0.2, 0.25) is 5.95 Å². The van der Waals surface area contributed by atoms with Crippen molar-refractivity contribution in [3.63, 3.8) is 0 Å². The van der Waals surface area contributed by atoms with E-state index in [-0.39, 0.29) is 0 Å². The van der Waals surface area contributed by atoms with Crippen molar-refractivity contribution in [2.45, 2.75) is 20.4 Å². The third-order valence-corrected chi connectivity index (χ3v) is 6.81. The summed E-state index contributed by atoms with van der Waals surface area (Å²) in [5.41, 5.74) is 7.74. The Morgan fingerprint density at radius 2 is 1.86 bits per heavy atom. The fourth-order valence-corrected chi connectivity index (χ4v) is 4.66. The summed E-state index contributed by atoms with van der Waals surface area (Å²) < 4.78 is 0. The molecule has 0 atom stereocenters. The molecule has 3 aromatic heterocycles. The number of fused-ring (bicyclic) bond motifs is 2. The van der Waals surface area contributed by atoms with E-state index in [1.807, 2.05) is 55.4 Å². The van der Waals surface area contributed by atoms with Gasteiger partial charge in [-0.05, 0) is 55.8 Å². The summed E-state index contributed by atoms with van der Waals surface area (Å²) >= 11 is 6.16. The molecule has 0 amide bonds. The zero-order valence-electron chi connectivity index (χ0n) is 20.7. The Balaban J connectivity index is 1.32. The van der Waals surface area contributed by atoms with Crippen molar-refractivity contribution in [2.24, 2.45) is 0 Å². The fourth-order valence-electron chi connectivity index (χ4n) is 4.49. The van der Waals surface area contributed by atoms with Crippen LogP contribution in [0.3, 0.4) is 0 Å². The number of nitrogens with one attached hydrogen (secondary N) is 2. The van der Waals surface area contributed by atoms with Crippen LogP contribution in [0.5, 0.6) is 0 Å². The van der Waals surface area contributed by atoms with Gasteiger partial charge in [0.05, 0.1) is 29.5 Å². The highest BCUT2D eigenvalue weighted by Gasteiger charge is 2.27. The van der Waals surface area contributed by atoms with E-state index in [0.717, 1.165) is 62.3 Å². The molecule has 9 heteroatoms. The number of benzene rings is 2. The summed E-state index contributed by atoms with van der Waals surface area (Å²) in [6.45, 7) is 9.04. The van der Waals surface area contributed by atoms with E-state index in [0.29, 0.717) is 17.5 Å². The molecule has 0 fully saturated rings. The molecular weight excluding hydrogens is 484 g/mol. The van der Waals surface area contributed by atoms with Gasteiger partial charge in [0, 0.05) is 40.8 Å². The molecule has 2 N–H and O–H groups in total. The lowest BCUT2D eigenvalue weighted by molar-refractivity contribution is 0.800. The second-order valence-electron chi connectivity index (χ2n) is 9.17. The van der Waals surface area contributed by atoms with Crippen molar-refractivity contribution in [3.8, 4) is 11.4 Å². The van der Waals surface area contributed by atoms with Gasteiger partial charge >= 0.3 is 0 Å². The van der Waals surface area contributed by atoms with Gasteiger partial charge in [-0.3, -0.25) is 4.98 Å². The molecule has 2 aromatic carbocycles. The molecule has 4 heterocycles. The van der Waals surface area contributed by atoms with Gasteiger partial charge in [0.1, 0.15) is 17.5 Å². The minimum atomic E-state index is 0.515. The van der Waals surface area contributed by atoms with Gasteiger partial charge in [-0.2, -0.15) is 4.98 Å². The van der Waals surface area contributed by atoms with Gasteiger partial charge in [-0.15, -0.1) is 0 Å². The van der Waals surface area contributed by atoms with Crippen LogP contribution >= 0.6 is 11.6 Å². The maximum atomic E-state index is 6.16. The Hall–Kier alpha value is -4.43. The van der Waals surface area contributed by atoms with Crippen molar-refractivity contribution < 1.29 is 0 Å². The predicted octanol–water partition coefficient (Wildman–Crippen LogP) is 6.36. The standard InChI is InChI=1S/C28H25ClN8/c1-16-5-7-19(26-33-23-10-8-21(29)12-24(23)34-26)11-25(16)37-15-20-13-31-28(35-27(20)36(4)18(37)3)32-22-9-6-17(2)30-14-22/h5-14H,3,15H2,1-2,4H3,(H,33,34)(H,31,32,35). The number of halogens is 1. The molecule has 0 aliphatic carbocycles. The average Bonchev–Trinajstić information content (AvgIpc) is 3.31. The lowest BCUT2D eigenvalue weighted by Gasteiger charge is -2.39. The van der Waals surface area contributed by atoms with Crippen molar-refractivity contribution >= 4 is 45.8 Å². The lowest BCUT2D eigenvalue weighted by Crippen LogP contribution is -2.38. The first-order valence-corrected chi connectivity index (χ1v) is 12.3. The highest BCUT2D eigenvalue weighted by Crippen LogP contribution is 2.37. The number of aromatic amines is 1. The smallest absolute Gasteiger partial charge is 0.229 e. The molecular formula is C28H25ClN8. The summed E-state index contributed by atoms with van der Waals surface area (Å²) in [6, 6.07) is 15.9. The zero-order chi connectivity index (χ0) is 25.7. The quantitative estimate of drug-likeness (QED) is 0.292. The van der Waals surface area contributed by atoms with Crippen molar-refractivity contribution in [1.29, 1.82) is 0 Å². The molecule has 0 spiro atoms. The van der Waals surface area contributed by atoms with Gasteiger partial charge in [0.15, 0.2) is 0 Å². The van der Waals surface area contributed by atoms with Crippen molar-refractivity contribution in [1.82, 2.24) is 24.9 Å². The third kappa shape index (κ3) is 4.25. The summed E-state index contributed by atoms with van der Waals surface area (Å²) in [4.78, 5) is 26.0.